The molecule has 0 bridgehead atoms. The number of benzene rings is 2. The Bertz CT molecular complexity index is 753. The molecule has 0 fully saturated rings. The second-order valence-corrected chi connectivity index (χ2v) is 6.61. The SMILES string of the molecule is NCCc1ccc(OCc2csc3ccccc23)c(Br)c1. The lowest BCUT2D eigenvalue weighted by Crippen LogP contribution is -2.03. The van der Waals surface area contributed by atoms with Crippen LogP contribution in [0.2, 0.25) is 0 Å². The third kappa shape index (κ3) is 3.28. The van der Waals surface area contributed by atoms with Crippen molar-refractivity contribution < 1.29 is 4.74 Å². The first kappa shape index (κ1) is 14.6. The van der Waals surface area contributed by atoms with Gasteiger partial charge in [-0.15, -0.1) is 11.3 Å². The number of fused-ring (bicyclic) bond motifs is 1. The Balaban J connectivity index is 1.75. The van der Waals surface area contributed by atoms with Gasteiger partial charge in [0.1, 0.15) is 12.4 Å². The quantitative estimate of drug-likeness (QED) is 0.711. The van der Waals surface area contributed by atoms with Gasteiger partial charge in [0.05, 0.1) is 4.47 Å². The molecule has 0 saturated carbocycles. The van der Waals surface area contributed by atoms with Gasteiger partial charge in [-0.1, -0.05) is 24.3 Å². The Morgan fingerprint density at radius 2 is 2.00 bits per heavy atom. The van der Waals surface area contributed by atoms with Crippen LogP contribution in [0.1, 0.15) is 11.1 Å². The molecule has 0 atom stereocenters. The Morgan fingerprint density at radius 3 is 2.81 bits per heavy atom. The van der Waals surface area contributed by atoms with E-state index in [9.17, 15) is 0 Å². The average molecular weight is 362 g/mol. The van der Waals surface area contributed by atoms with E-state index in [2.05, 4.69) is 57.7 Å². The summed E-state index contributed by atoms with van der Waals surface area (Å²) < 4.78 is 8.23. The van der Waals surface area contributed by atoms with Crippen LogP contribution in [0.25, 0.3) is 10.1 Å². The summed E-state index contributed by atoms with van der Waals surface area (Å²) in [6.07, 6.45) is 0.883. The molecule has 108 valence electrons. The maximum Gasteiger partial charge on any atom is 0.134 e. The van der Waals surface area contributed by atoms with E-state index in [1.165, 1.54) is 21.2 Å². The van der Waals surface area contributed by atoms with Crippen LogP contribution in [0.15, 0.2) is 52.3 Å². The molecular weight excluding hydrogens is 346 g/mol. The topological polar surface area (TPSA) is 35.2 Å². The molecule has 0 amide bonds. The lowest BCUT2D eigenvalue weighted by atomic mass is 10.1. The molecule has 2 N–H and O–H groups in total. The summed E-state index contributed by atoms with van der Waals surface area (Å²) in [4.78, 5) is 0. The Hall–Kier alpha value is -1.36. The fraction of sp³-hybridized carbons (Fsp3) is 0.176. The van der Waals surface area contributed by atoms with Crippen molar-refractivity contribution in [2.24, 2.45) is 5.73 Å². The molecule has 0 aliphatic carbocycles. The minimum atomic E-state index is 0.582. The fourth-order valence-corrected chi connectivity index (χ4v) is 3.77. The normalized spacial score (nSPS) is 11.0. The lowest BCUT2D eigenvalue weighted by molar-refractivity contribution is 0.306. The van der Waals surface area contributed by atoms with Gasteiger partial charge in [-0.3, -0.25) is 0 Å². The molecular formula is C17H16BrNOS. The third-order valence-electron chi connectivity index (χ3n) is 3.37. The molecule has 0 spiro atoms. The third-order valence-corrected chi connectivity index (χ3v) is 5.01. The molecule has 1 aromatic heterocycles. The first-order valence-corrected chi connectivity index (χ1v) is 8.51. The van der Waals surface area contributed by atoms with Crippen molar-refractivity contribution in [3.63, 3.8) is 0 Å². The van der Waals surface area contributed by atoms with Crippen molar-refractivity contribution >= 4 is 37.4 Å². The molecule has 3 aromatic rings. The highest BCUT2D eigenvalue weighted by Gasteiger charge is 2.06. The molecule has 3 rings (SSSR count). The van der Waals surface area contributed by atoms with Crippen molar-refractivity contribution in [2.75, 3.05) is 6.54 Å². The van der Waals surface area contributed by atoms with E-state index in [0.717, 1.165) is 16.6 Å². The van der Waals surface area contributed by atoms with E-state index in [1.54, 1.807) is 11.3 Å². The average Bonchev–Trinajstić information content (AvgIpc) is 2.90. The number of ether oxygens (including phenoxy) is 1. The molecule has 1 heterocycles. The predicted octanol–water partition coefficient (Wildman–Crippen LogP) is 4.74. The fourth-order valence-electron chi connectivity index (χ4n) is 2.28. The lowest BCUT2D eigenvalue weighted by Gasteiger charge is -2.09. The number of thiophene rings is 1. The van der Waals surface area contributed by atoms with E-state index in [0.29, 0.717) is 13.2 Å². The Kier molecular flexibility index (Phi) is 4.58. The maximum absolute atomic E-state index is 5.95. The zero-order valence-electron chi connectivity index (χ0n) is 11.5. The van der Waals surface area contributed by atoms with Crippen LogP contribution in [-0.2, 0) is 13.0 Å². The van der Waals surface area contributed by atoms with Gasteiger partial charge in [-0.25, -0.2) is 0 Å². The molecule has 0 radical (unpaired) electrons. The molecule has 0 saturated heterocycles. The van der Waals surface area contributed by atoms with E-state index >= 15 is 0 Å². The van der Waals surface area contributed by atoms with Crippen LogP contribution in [0.3, 0.4) is 0 Å². The van der Waals surface area contributed by atoms with E-state index < -0.39 is 0 Å². The molecule has 2 aromatic carbocycles. The first-order valence-electron chi connectivity index (χ1n) is 6.84. The van der Waals surface area contributed by atoms with Gasteiger partial charge in [0.15, 0.2) is 0 Å². The number of halogens is 1. The minimum Gasteiger partial charge on any atom is -0.488 e. The second kappa shape index (κ2) is 6.60. The molecule has 0 unspecified atom stereocenters. The molecule has 21 heavy (non-hydrogen) atoms. The highest BCUT2D eigenvalue weighted by Crippen LogP contribution is 2.30. The number of hydrogen-bond acceptors (Lipinski definition) is 3. The zero-order valence-corrected chi connectivity index (χ0v) is 13.9. The first-order chi connectivity index (χ1) is 10.3. The number of rotatable bonds is 5. The summed E-state index contributed by atoms with van der Waals surface area (Å²) in [6, 6.07) is 14.6. The van der Waals surface area contributed by atoms with E-state index in [4.69, 9.17) is 10.5 Å². The van der Waals surface area contributed by atoms with Crippen LogP contribution >= 0.6 is 27.3 Å². The predicted molar refractivity (Wildman–Crippen MR) is 93.1 cm³/mol. The Labute approximate surface area is 136 Å². The van der Waals surface area contributed by atoms with Crippen molar-refractivity contribution in [2.45, 2.75) is 13.0 Å². The van der Waals surface area contributed by atoms with Crippen LogP contribution in [0.4, 0.5) is 0 Å². The van der Waals surface area contributed by atoms with Gasteiger partial charge >= 0.3 is 0 Å². The highest BCUT2D eigenvalue weighted by molar-refractivity contribution is 9.10. The van der Waals surface area contributed by atoms with E-state index in [1.807, 2.05) is 6.07 Å². The minimum absolute atomic E-state index is 0.582. The summed E-state index contributed by atoms with van der Waals surface area (Å²) in [5.74, 6) is 0.867. The van der Waals surface area contributed by atoms with Gasteiger partial charge < -0.3 is 10.5 Å². The Morgan fingerprint density at radius 1 is 1.14 bits per heavy atom. The summed E-state index contributed by atoms with van der Waals surface area (Å²) in [5, 5.41) is 3.44. The zero-order chi connectivity index (χ0) is 14.7. The maximum atomic E-state index is 5.95. The van der Waals surface area contributed by atoms with Crippen LogP contribution < -0.4 is 10.5 Å². The molecule has 4 heteroatoms. The summed E-state index contributed by atoms with van der Waals surface area (Å²) in [7, 11) is 0. The summed E-state index contributed by atoms with van der Waals surface area (Å²) in [5.41, 5.74) is 8.03. The van der Waals surface area contributed by atoms with Crippen molar-refractivity contribution in [1.82, 2.24) is 0 Å². The van der Waals surface area contributed by atoms with Crippen molar-refractivity contribution in [3.8, 4) is 5.75 Å². The van der Waals surface area contributed by atoms with Gasteiger partial charge in [-0.05, 0) is 63.4 Å². The highest BCUT2D eigenvalue weighted by atomic mass is 79.9. The largest absolute Gasteiger partial charge is 0.488 e. The van der Waals surface area contributed by atoms with Gasteiger partial charge in [-0.2, -0.15) is 0 Å². The summed E-state index contributed by atoms with van der Waals surface area (Å²) >= 11 is 5.32. The van der Waals surface area contributed by atoms with Gasteiger partial charge in [0.2, 0.25) is 0 Å². The van der Waals surface area contributed by atoms with Crippen LogP contribution in [-0.4, -0.2) is 6.54 Å². The molecule has 0 aliphatic rings. The number of hydrogen-bond donors (Lipinski definition) is 1. The van der Waals surface area contributed by atoms with Gasteiger partial charge in [0, 0.05) is 10.3 Å². The van der Waals surface area contributed by atoms with Crippen LogP contribution in [0, 0.1) is 0 Å². The van der Waals surface area contributed by atoms with Gasteiger partial charge in [0.25, 0.3) is 0 Å². The van der Waals surface area contributed by atoms with Crippen molar-refractivity contribution in [1.29, 1.82) is 0 Å². The second-order valence-electron chi connectivity index (χ2n) is 4.85. The monoisotopic (exact) mass is 361 g/mol. The summed E-state index contributed by atoms with van der Waals surface area (Å²) in [6.45, 7) is 1.24. The van der Waals surface area contributed by atoms with Crippen molar-refractivity contribution in [3.05, 3.63) is 63.4 Å². The van der Waals surface area contributed by atoms with Crippen LogP contribution in [0.5, 0.6) is 5.75 Å². The molecule has 2 nitrogen and oxygen atoms in total. The van der Waals surface area contributed by atoms with E-state index in [-0.39, 0.29) is 0 Å². The number of nitrogens with two attached hydrogens (primary N) is 1. The smallest absolute Gasteiger partial charge is 0.134 e. The molecule has 0 aliphatic heterocycles. The standard InChI is InChI=1S/C17H16BrNOS/c18-15-9-12(7-8-19)5-6-16(15)20-10-13-11-21-17-4-2-1-3-14(13)17/h1-6,9,11H,7-8,10,19H2.